The maximum Gasteiger partial charge on any atom is 0.335 e. The molecular weight excluding hydrogens is 389 g/mol. The van der Waals surface area contributed by atoms with Gasteiger partial charge in [-0.25, -0.2) is 14.1 Å². The first-order valence-corrected chi connectivity index (χ1v) is 7.95. The summed E-state index contributed by atoms with van der Waals surface area (Å²) in [7, 11) is 1.17. The van der Waals surface area contributed by atoms with Gasteiger partial charge in [0.15, 0.2) is 5.75 Å². The molecule has 1 heterocycles. The van der Waals surface area contributed by atoms with Gasteiger partial charge in [0.1, 0.15) is 11.4 Å². The fourth-order valence-electron chi connectivity index (χ4n) is 2.64. The summed E-state index contributed by atoms with van der Waals surface area (Å²) in [4.78, 5) is 47.9. The van der Waals surface area contributed by atoms with Crippen LogP contribution in [0.1, 0.15) is 5.56 Å². The third-order valence-corrected chi connectivity index (χ3v) is 3.99. The van der Waals surface area contributed by atoms with Crippen molar-refractivity contribution in [2.24, 2.45) is 0 Å². The molecule has 2 aromatic rings. The van der Waals surface area contributed by atoms with E-state index in [2.05, 4.69) is 0 Å². The number of halogens is 1. The Bertz CT molecular complexity index is 1080. The number of benzene rings is 2. The first-order valence-electron chi connectivity index (χ1n) is 7.95. The third kappa shape index (κ3) is 3.60. The van der Waals surface area contributed by atoms with E-state index in [1.807, 2.05) is 5.32 Å². The first-order chi connectivity index (χ1) is 13.7. The van der Waals surface area contributed by atoms with E-state index in [1.165, 1.54) is 25.3 Å². The minimum Gasteiger partial charge on any atom is -0.500 e. The Balaban J connectivity index is 2.08. The fourth-order valence-corrected chi connectivity index (χ4v) is 2.64. The molecule has 0 bridgehead atoms. The van der Waals surface area contributed by atoms with Crippen molar-refractivity contribution in [2.75, 3.05) is 12.0 Å². The SMILES string of the molecule is COc1cc(/C=C2\C(=O)NC(=O)N(c3ccc(F)cc3)C2=O)cc([N+](=O)[O-])c1O. The van der Waals surface area contributed by atoms with Crippen LogP contribution in [0, 0.1) is 15.9 Å². The summed E-state index contributed by atoms with van der Waals surface area (Å²) < 4.78 is 18.0. The van der Waals surface area contributed by atoms with E-state index in [1.54, 1.807) is 0 Å². The predicted octanol–water partition coefficient (Wildman–Crippen LogP) is 2.11. The van der Waals surface area contributed by atoms with Crippen molar-refractivity contribution in [1.29, 1.82) is 0 Å². The van der Waals surface area contributed by atoms with Crippen LogP contribution in [0.5, 0.6) is 11.5 Å². The molecule has 148 valence electrons. The molecule has 0 spiro atoms. The largest absolute Gasteiger partial charge is 0.500 e. The number of nitrogens with one attached hydrogen (secondary N) is 1. The number of rotatable bonds is 4. The highest BCUT2D eigenvalue weighted by Gasteiger charge is 2.37. The van der Waals surface area contributed by atoms with Crippen LogP contribution in [0.15, 0.2) is 42.0 Å². The Morgan fingerprint density at radius 3 is 2.45 bits per heavy atom. The topological polar surface area (TPSA) is 139 Å². The number of nitrogens with zero attached hydrogens (tertiary/aromatic N) is 2. The second-order valence-electron chi connectivity index (χ2n) is 5.78. The van der Waals surface area contributed by atoms with Crippen LogP contribution in [-0.2, 0) is 9.59 Å². The quantitative estimate of drug-likeness (QED) is 0.346. The number of anilines is 1. The van der Waals surface area contributed by atoms with E-state index < -0.39 is 45.6 Å². The lowest BCUT2D eigenvalue weighted by molar-refractivity contribution is -0.386. The number of nitro groups is 1. The normalized spacial score (nSPS) is 15.4. The molecule has 0 saturated carbocycles. The Morgan fingerprint density at radius 2 is 1.86 bits per heavy atom. The number of phenolic OH excluding ortho intramolecular Hbond substituents is 1. The number of ether oxygens (including phenoxy) is 1. The Kier molecular flexibility index (Phi) is 4.96. The molecule has 11 heteroatoms. The maximum atomic E-state index is 13.1. The number of barbiturate groups is 1. The average Bonchev–Trinajstić information content (AvgIpc) is 2.67. The summed E-state index contributed by atoms with van der Waals surface area (Å²) in [5, 5.41) is 22.9. The van der Waals surface area contributed by atoms with Crippen LogP contribution in [0.25, 0.3) is 6.08 Å². The standard InChI is InChI=1S/C18H12FN3O7/c1-29-14-8-9(7-13(15(14)23)22(27)28)6-12-16(24)20-18(26)21(17(12)25)11-4-2-10(19)3-5-11/h2-8,23H,1H3,(H,20,24,26)/b12-6+. The van der Waals surface area contributed by atoms with Crippen LogP contribution in [0.2, 0.25) is 0 Å². The van der Waals surface area contributed by atoms with Gasteiger partial charge in [-0.3, -0.25) is 25.0 Å². The molecular formula is C18H12FN3O7. The number of methoxy groups -OCH3 is 1. The molecule has 1 fully saturated rings. The van der Waals surface area contributed by atoms with Crippen molar-refractivity contribution in [3.8, 4) is 11.5 Å². The lowest BCUT2D eigenvalue weighted by Crippen LogP contribution is -2.54. The molecule has 0 aromatic heterocycles. The van der Waals surface area contributed by atoms with Gasteiger partial charge in [-0.2, -0.15) is 0 Å². The minimum absolute atomic E-state index is 0.00162. The fraction of sp³-hybridized carbons (Fsp3) is 0.0556. The number of amides is 4. The number of phenols is 1. The average molecular weight is 401 g/mol. The molecule has 2 aromatic carbocycles. The molecule has 10 nitrogen and oxygen atoms in total. The minimum atomic E-state index is -1.03. The summed E-state index contributed by atoms with van der Waals surface area (Å²) in [6.45, 7) is 0. The molecule has 1 aliphatic heterocycles. The summed E-state index contributed by atoms with van der Waals surface area (Å²) in [6, 6.07) is 5.49. The van der Waals surface area contributed by atoms with Crippen molar-refractivity contribution in [1.82, 2.24) is 5.32 Å². The van der Waals surface area contributed by atoms with Crippen LogP contribution >= 0.6 is 0 Å². The van der Waals surface area contributed by atoms with Gasteiger partial charge in [0.2, 0.25) is 5.75 Å². The van der Waals surface area contributed by atoms with Crippen LogP contribution in [-0.4, -0.2) is 35.0 Å². The number of carbonyl (C=O) groups is 3. The van der Waals surface area contributed by atoms with E-state index in [9.17, 15) is 34.0 Å². The Labute approximate surface area is 162 Å². The van der Waals surface area contributed by atoms with Crippen molar-refractivity contribution >= 4 is 35.3 Å². The van der Waals surface area contributed by atoms with Crippen LogP contribution in [0.3, 0.4) is 0 Å². The van der Waals surface area contributed by atoms with Crippen LogP contribution in [0.4, 0.5) is 20.6 Å². The highest BCUT2D eigenvalue weighted by molar-refractivity contribution is 6.39. The molecule has 0 unspecified atom stereocenters. The second-order valence-corrected chi connectivity index (χ2v) is 5.78. The summed E-state index contributed by atoms with van der Waals surface area (Å²) in [6.07, 6.45) is 1.01. The Morgan fingerprint density at radius 1 is 1.21 bits per heavy atom. The summed E-state index contributed by atoms with van der Waals surface area (Å²) in [5.74, 6) is -3.59. The van der Waals surface area contributed by atoms with Crippen LogP contribution < -0.4 is 15.0 Å². The zero-order chi connectivity index (χ0) is 21.3. The Hall–Kier alpha value is -4.28. The van der Waals surface area contributed by atoms with Gasteiger partial charge in [-0.05, 0) is 42.0 Å². The number of hydrogen-bond donors (Lipinski definition) is 2. The van der Waals surface area contributed by atoms with E-state index in [0.29, 0.717) is 4.90 Å². The van der Waals surface area contributed by atoms with Gasteiger partial charge in [-0.15, -0.1) is 0 Å². The lowest BCUT2D eigenvalue weighted by Gasteiger charge is -2.26. The monoisotopic (exact) mass is 401 g/mol. The maximum absolute atomic E-state index is 13.1. The van der Waals surface area contributed by atoms with Gasteiger partial charge in [0, 0.05) is 6.07 Å². The molecule has 0 radical (unpaired) electrons. The molecule has 2 N–H and O–H groups in total. The zero-order valence-electron chi connectivity index (χ0n) is 14.7. The van der Waals surface area contributed by atoms with Gasteiger partial charge in [0.05, 0.1) is 17.7 Å². The number of aromatic hydroxyl groups is 1. The molecule has 29 heavy (non-hydrogen) atoms. The van der Waals surface area contributed by atoms with Crippen molar-refractivity contribution in [3.05, 3.63) is 63.5 Å². The molecule has 0 atom stereocenters. The highest BCUT2D eigenvalue weighted by Crippen LogP contribution is 2.37. The number of carbonyl (C=O) groups excluding carboxylic acids is 3. The van der Waals surface area contributed by atoms with E-state index in [-0.39, 0.29) is 17.0 Å². The summed E-state index contributed by atoms with van der Waals surface area (Å²) >= 11 is 0. The van der Waals surface area contributed by atoms with Crippen molar-refractivity contribution < 1.29 is 33.5 Å². The molecule has 1 saturated heterocycles. The smallest absolute Gasteiger partial charge is 0.335 e. The number of urea groups is 1. The zero-order valence-corrected chi connectivity index (χ0v) is 14.7. The predicted molar refractivity (Wildman–Crippen MR) is 96.7 cm³/mol. The van der Waals surface area contributed by atoms with Gasteiger partial charge >= 0.3 is 11.7 Å². The summed E-state index contributed by atoms with van der Waals surface area (Å²) in [5.41, 5.74) is -1.19. The lowest BCUT2D eigenvalue weighted by atomic mass is 10.1. The van der Waals surface area contributed by atoms with E-state index >= 15 is 0 Å². The molecule has 4 amide bonds. The van der Waals surface area contributed by atoms with Gasteiger partial charge in [0.25, 0.3) is 11.8 Å². The van der Waals surface area contributed by atoms with Crippen molar-refractivity contribution in [2.45, 2.75) is 0 Å². The van der Waals surface area contributed by atoms with Crippen molar-refractivity contribution in [3.63, 3.8) is 0 Å². The first kappa shape index (κ1) is 19.5. The second kappa shape index (κ2) is 7.38. The third-order valence-electron chi connectivity index (χ3n) is 3.99. The number of hydrogen-bond acceptors (Lipinski definition) is 7. The number of nitro benzene ring substituents is 1. The molecule has 1 aliphatic rings. The highest BCUT2D eigenvalue weighted by atomic mass is 19.1. The van der Waals surface area contributed by atoms with E-state index in [0.717, 1.165) is 24.3 Å². The molecule has 0 aliphatic carbocycles. The van der Waals surface area contributed by atoms with Gasteiger partial charge < -0.3 is 9.84 Å². The van der Waals surface area contributed by atoms with Gasteiger partial charge in [-0.1, -0.05) is 0 Å². The number of imide groups is 2. The molecule has 3 rings (SSSR count). The van der Waals surface area contributed by atoms with E-state index in [4.69, 9.17) is 4.74 Å².